The highest BCUT2D eigenvalue weighted by Crippen LogP contribution is 2.24. The van der Waals surface area contributed by atoms with Gasteiger partial charge in [-0.15, -0.1) is 0 Å². The Labute approximate surface area is 115 Å². The van der Waals surface area contributed by atoms with Gasteiger partial charge in [0.2, 0.25) is 0 Å². The number of nitrogens with two attached hydrogens (primary N) is 1. The predicted octanol–water partition coefficient (Wildman–Crippen LogP) is 3.31. The molecule has 0 fully saturated rings. The van der Waals surface area contributed by atoms with Crippen molar-refractivity contribution in [2.45, 2.75) is 13.5 Å². The van der Waals surface area contributed by atoms with Crippen molar-refractivity contribution < 1.29 is 13.5 Å². The van der Waals surface area contributed by atoms with E-state index in [2.05, 4.69) is 0 Å². The highest BCUT2D eigenvalue weighted by molar-refractivity contribution is 5.50. The minimum absolute atomic E-state index is 0.0350. The number of ether oxygens (including phenoxy) is 1. The first-order valence-electron chi connectivity index (χ1n) is 5.87. The number of nitrogens with zero attached hydrogens (tertiary/aromatic N) is 1. The second-order valence-corrected chi connectivity index (χ2v) is 4.39. The maximum atomic E-state index is 13.6. The molecule has 0 bridgehead atoms. The number of benzene rings is 2. The molecule has 3 nitrogen and oxygen atoms in total. The van der Waals surface area contributed by atoms with Crippen molar-refractivity contribution in [3.63, 3.8) is 0 Å². The van der Waals surface area contributed by atoms with Gasteiger partial charge in [0, 0.05) is 11.8 Å². The summed E-state index contributed by atoms with van der Waals surface area (Å²) in [6.07, 6.45) is 0. The summed E-state index contributed by atoms with van der Waals surface area (Å²) in [5.41, 5.74) is 7.25. The van der Waals surface area contributed by atoms with Crippen LogP contribution in [0, 0.1) is 29.9 Å². The first-order valence-corrected chi connectivity index (χ1v) is 5.87. The maximum Gasteiger partial charge on any atom is 0.167 e. The fraction of sp³-hybridized carbons (Fsp3) is 0.133. The van der Waals surface area contributed by atoms with Crippen molar-refractivity contribution in [2.75, 3.05) is 5.73 Å². The molecule has 2 aromatic carbocycles. The Kier molecular flexibility index (Phi) is 3.85. The van der Waals surface area contributed by atoms with Gasteiger partial charge in [0.1, 0.15) is 12.4 Å². The Hall–Kier alpha value is -2.61. The zero-order valence-corrected chi connectivity index (χ0v) is 10.8. The van der Waals surface area contributed by atoms with Crippen LogP contribution in [-0.4, -0.2) is 0 Å². The molecule has 0 aliphatic rings. The van der Waals surface area contributed by atoms with E-state index in [0.29, 0.717) is 16.8 Å². The molecule has 0 spiro atoms. The molecule has 20 heavy (non-hydrogen) atoms. The third-order valence-electron chi connectivity index (χ3n) is 2.80. The summed E-state index contributed by atoms with van der Waals surface area (Å²) >= 11 is 0. The molecule has 0 unspecified atom stereocenters. The van der Waals surface area contributed by atoms with Crippen molar-refractivity contribution in [1.82, 2.24) is 0 Å². The van der Waals surface area contributed by atoms with Crippen LogP contribution in [0.3, 0.4) is 0 Å². The third kappa shape index (κ3) is 3.04. The van der Waals surface area contributed by atoms with Crippen LogP contribution >= 0.6 is 0 Å². The second kappa shape index (κ2) is 5.57. The van der Waals surface area contributed by atoms with Crippen LogP contribution in [0.25, 0.3) is 0 Å². The van der Waals surface area contributed by atoms with E-state index in [4.69, 9.17) is 15.7 Å². The minimum Gasteiger partial charge on any atom is -0.486 e. The lowest BCUT2D eigenvalue weighted by molar-refractivity contribution is 0.289. The lowest BCUT2D eigenvalue weighted by Crippen LogP contribution is -2.00. The summed E-state index contributed by atoms with van der Waals surface area (Å²) < 4.78 is 32.2. The molecule has 0 saturated heterocycles. The maximum absolute atomic E-state index is 13.6. The SMILES string of the molecule is Cc1cc(OCc2cc(F)cc(C#N)c2)c(F)cc1N. The molecule has 0 aliphatic carbocycles. The van der Waals surface area contributed by atoms with Crippen molar-refractivity contribution in [2.24, 2.45) is 0 Å². The number of nitrogen functional groups attached to an aromatic ring is 1. The van der Waals surface area contributed by atoms with E-state index < -0.39 is 11.6 Å². The molecule has 0 amide bonds. The Morgan fingerprint density at radius 1 is 1.20 bits per heavy atom. The quantitative estimate of drug-likeness (QED) is 0.873. The summed E-state index contributed by atoms with van der Waals surface area (Å²) in [5, 5.41) is 8.75. The predicted molar refractivity (Wildman–Crippen MR) is 71.0 cm³/mol. The summed E-state index contributed by atoms with van der Waals surface area (Å²) in [4.78, 5) is 0. The first-order chi connectivity index (χ1) is 9.49. The zero-order valence-electron chi connectivity index (χ0n) is 10.8. The van der Waals surface area contributed by atoms with E-state index in [0.717, 1.165) is 6.07 Å². The van der Waals surface area contributed by atoms with Gasteiger partial charge in [-0.1, -0.05) is 0 Å². The van der Waals surface area contributed by atoms with Crippen LogP contribution < -0.4 is 10.5 Å². The molecule has 2 N–H and O–H groups in total. The van der Waals surface area contributed by atoms with E-state index in [9.17, 15) is 8.78 Å². The normalized spacial score (nSPS) is 10.1. The number of aryl methyl sites for hydroxylation is 1. The lowest BCUT2D eigenvalue weighted by Gasteiger charge is -2.10. The van der Waals surface area contributed by atoms with Gasteiger partial charge < -0.3 is 10.5 Å². The Morgan fingerprint density at radius 3 is 2.65 bits per heavy atom. The van der Waals surface area contributed by atoms with Gasteiger partial charge in [-0.25, -0.2) is 8.78 Å². The molecule has 0 aromatic heterocycles. The minimum atomic E-state index is -0.579. The smallest absolute Gasteiger partial charge is 0.167 e. The first kappa shape index (κ1) is 13.8. The van der Waals surface area contributed by atoms with Crippen LogP contribution in [0.15, 0.2) is 30.3 Å². The van der Waals surface area contributed by atoms with Crippen molar-refractivity contribution >= 4 is 5.69 Å². The van der Waals surface area contributed by atoms with E-state index in [-0.39, 0.29) is 17.9 Å². The third-order valence-corrected chi connectivity index (χ3v) is 2.80. The second-order valence-electron chi connectivity index (χ2n) is 4.39. The Bertz CT molecular complexity index is 693. The van der Waals surface area contributed by atoms with Gasteiger partial charge in [0.05, 0.1) is 11.6 Å². The van der Waals surface area contributed by atoms with E-state index in [1.807, 2.05) is 6.07 Å². The molecule has 5 heteroatoms. The monoisotopic (exact) mass is 274 g/mol. The average molecular weight is 274 g/mol. The van der Waals surface area contributed by atoms with E-state index in [1.54, 1.807) is 6.92 Å². The summed E-state index contributed by atoms with van der Waals surface area (Å²) in [6, 6.07) is 8.36. The van der Waals surface area contributed by atoms with Crippen LogP contribution in [0.2, 0.25) is 0 Å². The number of anilines is 1. The van der Waals surface area contributed by atoms with Crippen LogP contribution in [0.4, 0.5) is 14.5 Å². The summed E-state index contributed by atoms with van der Waals surface area (Å²) in [6.45, 7) is 1.70. The molecule has 102 valence electrons. The van der Waals surface area contributed by atoms with E-state index >= 15 is 0 Å². The highest BCUT2D eigenvalue weighted by atomic mass is 19.1. The number of halogens is 2. The molecule has 2 aromatic rings. The molecule has 0 atom stereocenters. The topological polar surface area (TPSA) is 59.0 Å². The van der Waals surface area contributed by atoms with Crippen molar-refractivity contribution in [1.29, 1.82) is 5.26 Å². The summed E-state index contributed by atoms with van der Waals surface area (Å²) in [7, 11) is 0. The number of hydrogen-bond acceptors (Lipinski definition) is 3. The Balaban J connectivity index is 2.19. The van der Waals surface area contributed by atoms with Gasteiger partial charge >= 0.3 is 0 Å². The lowest BCUT2D eigenvalue weighted by atomic mass is 10.1. The molecule has 0 aliphatic heterocycles. The number of hydrogen-bond donors (Lipinski definition) is 1. The Morgan fingerprint density at radius 2 is 1.95 bits per heavy atom. The van der Waals surface area contributed by atoms with Crippen LogP contribution in [0.1, 0.15) is 16.7 Å². The van der Waals surface area contributed by atoms with Crippen molar-refractivity contribution in [3.8, 4) is 11.8 Å². The molecule has 0 heterocycles. The molecular weight excluding hydrogens is 262 g/mol. The van der Waals surface area contributed by atoms with Gasteiger partial charge in [-0.2, -0.15) is 5.26 Å². The zero-order chi connectivity index (χ0) is 14.7. The van der Waals surface area contributed by atoms with Gasteiger partial charge in [-0.05, 0) is 42.3 Å². The van der Waals surface area contributed by atoms with Gasteiger partial charge in [0.25, 0.3) is 0 Å². The van der Waals surface area contributed by atoms with Crippen LogP contribution in [-0.2, 0) is 6.61 Å². The highest BCUT2D eigenvalue weighted by Gasteiger charge is 2.08. The van der Waals surface area contributed by atoms with E-state index in [1.165, 1.54) is 24.3 Å². The standard InChI is InChI=1S/C15H12F2N2O/c1-9-2-15(13(17)6-14(9)19)20-8-11-3-10(7-18)4-12(16)5-11/h2-6H,8,19H2,1H3. The number of nitriles is 1. The van der Waals surface area contributed by atoms with Crippen molar-refractivity contribution in [3.05, 3.63) is 58.7 Å². The van der Waals surface area contributed by atoms with Gasteiger partial charge in [0.15, 0.2) is 11.6 Å². The average Bonchev–Trinajstić information content (AvgIpc) is 2.40. The summed E-state index contributed by atoms with van der Waals surface area (Å²) in [5.74, 6) is -1.07. The number of rotatable bonds is 3. The molecule has 2 rings (SSSR count). The molecule has 0 saturated carbocycles. The fourth-order valence-corrected chi connectivity index (χ4v) is 1.74. The molecule has 0 radical (unpaired) electrons. The largest absolute Gasteiger partial charge is 0.486 e. The fourth-order valence-electron chi connectivity index (χ4n) is 1.74. The molecular formula is C15H12F2N2O. The van der Waals surface area contributed by atoms with Crippen LogP contribution in [0.5, 0.6) is 5.75 Å². The van der Waals surface area contributed by atoms with Gasteiger partial charge in [-0.3, -0.25) is 0 Å².